The Bertz CT molecular complexity index is 3940. The number of rotatable bonds is 9. The highest BCUT2D eigenvalue weighted by molar-refractivity contribution is 6.11. The van der Waals surface area contributed by atoms with E-state index in [2.05, 4.69) is 264 Å². The summed E-state index contributed by atoms with van der Waals surface area (Å²) >= 11 is 0. The van der Waals surface area contributed by atoms with Crippen LogP contribution in [0.5, 0.6) is 0 Å². The van der Waals surface area contributed by atoms with Gasteiger partial charge in [0.25, 0.3) is 0 Å². The topological polar surface area (TPSA) is 21.3 Å². The first-order valence-corrected chi connectivity index (χ1v) is 23.6. The van der Waals surface area contributed by atoms with Crippen LogP contribution in [0.25, 0.3) is 105 Å². The molecule has 0 fully saturated rings. The maximum absolute atomic E-state index is 6.55. The molecule has 11 aromatic carbocycles. The predicted octanol–water partition coefficient (Wildman–Crippen LogP) is 18.5. The summed E-state index contributed by atoms with van der Waals surface area (Å²) in [5.74, 6) is 0. The number of nitrogens with zero attached hydrogens (tertiary/aromatic N) is 2. The van der Waals surface area contributed by atoms with E-state index in [-0.39, 0.29) is 0 Å². The zero-order valence-electron chi connectivity index (χ0n) is 37.7. The number of aromatic nitrogens is 1. The molecule has 3 heteroatoms. The van der Waals surface area contributed by atoms with Crippen LogP contribution in [0.2, 0.25) is 0 Å². The lowest BCUT2D eigenvalue weighted by Crippen LogP contribution is -2.11. The van der Waals surface area contributed by atoms with Crippen molar-refractivity contribution in [2.45, 2.75) is 0 Å². The number of hydrogen-bond donors (Lipinski definition) is 0. The zero-order valence-corrected chi connectivity index (χ0v) is 37.7. The molecule has 0 saturated carbocycles. The molecule has 69 heavy (non-hydrogen) atoms. The average molecular weight is 881 g/mol. The average Bonchev–Trinajstić information content (AvgIpc) is 3.98. The lowest BCUT2D eigenvalue weighted by Gasteiger charge is -2.29. The summed E-state index contributed by atoms with van der Waals surface area (Å²) in [7, 11) is 0. The molecular formula is C66H44N2O. The fraction of sp³-hybridized carbons (Fsp3) is 0. The number of furan rings is 1. The number of para-hydroxylation sites is 6. The predicted molar refractivity (Wildman–Crippen MR) is 290 cm³/mol. The van der Waals surface area contributed by atoms with Crippen molar-refractivity contribution in [3.05, 3.63) is 267 Å². The van der Waals surface area contributed by atoms with E-state index in [0.29, 0.717) is 0 Å². The van der Waals surface area contributed by atoms with Crippen LogP contribution in [0, 0.1) is 0 Å². The van der Waals surface area contributed by atoms with Crippen LogP contribution >= 0.6 is 0 Å². The molecule has 0 radical (unpaired) electrons. The van der Waals surface area contributed by atoms with E-state index < -0.39 is 0 Å². The van der Waals surface area contributed by atoms with Crippen LogP contribution in [-0.2, 0) is 0 Å². The van der Waals surface area contributed by atoms with Gasteiger partial charge in [-0.3, -0.25) is 0 Å². The number of hydrogen-bond acceptors (Lipinski definition) is 2. The quantitative estimate of drug-likeness (QED) is 0.144. The van der Waals surface area contributed by atoms with Crippen molar-refractivity contribution in [2.75, 3.05) is 4.90 Å². The van der Waals surface area contributed by atoms with Gasteiger partial charge in [0.05, 0.1) is 22.4 Å². The minimum absolute atomic E-state index is 0.897. The van der Waals surface area contributed by atoms with Crippen LogP contribution in [0.1, 0.15) is 0 Å². The Balaban J connectivity index is 0.945. The van der Waals surface area contributed by atoms with Gasteiger partial charge in [0.1, 0.15) is 11.2 Å². The highest BCUT2D eigenvalue weighted by atomic mass is 16.3. The Morgan fingerprint density at radius 2 is 0.725 bits per heavy atom. The van der Waals surface area contributed by atoms with E-state index in [1.165, 1.54) is 38.5 Å². The molecule has 0 aliphatic carbocycles. The van der Waals surface area contributed by atoms with Crippen molar-refractivity contribution < 1.29 is 4.42 Å². The van der Waals surface area contributed by atoms with Crippen molar-refractivity contribution in [3.63, 3.8) is 0 Å². The highest BCUT2D eigenvalue weighted by Gasteiger charge is 2.22. The van der Waals surface area contributed by atoms with E-state index >= 15 is 0 Å². The van der Waals surface area contributed by atoms with Gasteiger partial charge in [0, 0.05) is 49.6 Å². The molecule has 13 aromatic rings. The summed E-state index contributed by atoms with van der Waals surface area (Å²) < 4.78 is 8.98. The van der Waals surface area contributed by atoms with Gasteiger partial charge in [-0.15, -0.1) is 0 Å². The number of anilines is 3. The largest absolute Gasteiger partial charge is 0.455 e. The van der Waals surface area contributed by atoms with Crippen molar-refractivity contribution >= 4 is 60.8 Å². The first kappa shape index (κ1) is 40.1. The highest BCUT2D eigenvalue weighted by Crippen LogP contribution is 2.46. The van der Waals surface area contributed by atoms with Gasteiger partial charge >= 0.3 is 0 Å². The summed E-state index contributed by atoms with van der Waals surface area (Å²) in [5, 5.41) is 4.73. The van der Waals surface area contributed by atoms with Gasteiger partial charge in [-0.25, -0.2) is 0 Å². The smallest absolute Gasteiger partial charge is 0.143 e. The van der Waals surface area contributed by atoms with E-state index in [1.807, 2.05) is 12.1 Å². The lowest BCUT2D eigenvalue weighted by atomic mass is 9.93. The molecule has 0 spiro atoms. The second-order valence-electron chi connectivity index (χ2n) is 17.6. The zero-order chi connectivity index (χ0) is 45.7. The van der Waals surface area contributed by atoms with Crippen molar-refractivity contribution in [2.24, 2.45) is 0 Å². The number of fused-ring (bicyclic) bond motifs is 6. The van der Waals surface area contributed by atoms with E-state index in [0.717, 1.165) is 83.6 Å². The third-order valence-corrected chi connectivity index (χ3v) is 13.7. The van der Waals surface area contributed by atoms with Crippen molar-refractivity contribution in [1.82, 2.24) is 4.57 Å². The molecule has 13 rings (SSSR count). The molecule has 0 amide bonds. The first-order valence-electron chi connectivity index (χ1n) is 23.6. The van der Waals surface area contributed by atoms with Crippen LogP contribution in [-0.4, -0.2) is 4.57 Å². The molecule has 0 bridgehead atoms. The third kappa shape index (κ3) is 6.99. The van der Waals surface area contributed by atoms with Gasteiger partial charge in [0.15, 0.2) is 0 Å². The summed E-state index contributed by atoms with van der Waals surface area (Å²) in [5.41, 5.74) is 20.0. The van der Waals surface area contributed by atoms with Crippen molar-refractivity contribution in [3.8, 4) is 61.3 Å². The Kier molecular flexibility index (Phi) is 9.84. The Hall–Kier alpha value is -9.18. The Labute approximate surface area is 401 Å². The number of benzene rings is 11. The second kappa shape index (κ2) is 16.9. The van der Waals surface area contributed by atoms with Gasteiger partial charge < -0.3 is 13.9 Å². The molecule has 3 nitrogen and oxygen atoms in total. The maximum Gasteiger partial charge on any atom is 0.143 e. The third-order valence-electron chi connectivity index (χ3n) is 13.7. The second-order valence-corrected chi connectivity index (χ2v) is 17.6. The lowest BCUT2D eigenvalue weighted by molar-refractivity contribution is 0.670. The fourth-order valence-electron chi connectivity index (χ4n) is 10.4. The van der Waals surface area contributed by atoms with Gasteiger partial charge in [-0.2, -0.15) is 0 Å². The molecule has 0 aliphatic heterocycles. The Morgan fingerprint density at radius 1 is 0.275 bits per heavy atom. The monoisotopic (exact) mass is 880 g/mol. The summed E-state index contributed by atoms with van der Waals surface area (Å²) in [6, 6.07) is 96.1. The van der Waals surface area contributed by atoms with Crippen LogP contribution in [0.3, 0.4) is 0 Å². The minimum Gasteiger partial charge on any atom is -0.455 e. The van der Waals surface area contributed by atoms with Gasteiger partial charge in [0.2, 0.25) is 0 Å². The van der Waals surface area contributed by atoms with Gasteiger partial charge in [-0.05, 0) is 93.5 Å². The van der Waals surface area contributed by atoms with Crippen LogP contribution in [0.15, 0.2) is 271 Å². The molecule has 2 heterocycles. The SMILES string of the molecule is c1ccc(-c2ccc(-c3ccc(N(c4ccc(-c5ccccc5-c5cccc6c5oc5ccccc56)cc4)c4ccccc4-c4ccccc4-n4c5ccccc5c5ccccc54)cc3)cc2)cc1. The molecule has 0 N–H and O–H groups in total. The fourth-order valence-corrected chi connectivity index (χ4v) is 10.4. The summed E-state index contributed by atoms with van der Waals surface area (Å²) in [4.78, 5) is 2.41. The van der Waals surface area contributed by atoms with E-state index in [4.69, 9.17) is 4.42 Å². The van der Waals surface area contributed by atoms with E-state index in [1.54, 1.807) is 0 Å². The normalized spacial score (nSPS) is 11.5. The maximum atomic E-state index is 6.55. The molecule has 0 unspecified atom stereocenters. The van der Waals surface area contributed by atoms with Crippen molar-refractivity contribution in [1.29, 1.82) is 0 Å². The summed E-state index contributed by atoms with van der Waals surface area (Å²) in [6.45, 7) is 0. The Morgan fingerprint density at radius 3 is 1.39 bits per heavy atom. The first-order chi connectivity index (χ1) is 34.2. The standard InChI is InChI=1S/C66H44N2O/c1-2-17-45(18-3-1)46-33-35-47(36-34-46)48-37-41-50(42-38-48)67(51-43-39-49(40-44-51)52-19-4-5-20-53(52)59-26-16-27-60-58-25-10-15-32-65(58)69-66(59)60)61-28-11-6-21-54(61)55-22-7-12-29-62(55)68-63-30-13-8-23-56(63)57-24-9-14-31-64(57)68/h1-44H. The van der Waals surface area contributed by atoms with Crippen LogP contribution in [0.4, 0.5) is 17.1 Å². The minimum atomic E-state index is 0.897. The molecular weight excluding hydrogens is 837 g/mol. The molecule has 0 aliphatic rings. The van der Waals surface area contributed by atoms with Gasteiger partial charge in [-0.1, -0.05) is 212 Å². The molecule has 0 saturated heterocycles. The molecule has 0 atom stereocenters. The molecule has 324 valence electrons. The van der Waals surface area contributed by atoms with E-state index in [9.17, 15) is 0 Å². The van der Waals surface area contributed by atoms with Crippen LogP contribution < -0.4 is 4.90 Å². The summed E-state index contributed by atoms with van der Waals surface area (Å²) in [6.07, 6.45) is 0. The molecule has 2 aromatic heterocycles.